The lowest BCUT2D eigenvalue weighted by Gasteiger charge is -2.20. The Hall–Kier alpha value is -1.98. The van der Waals surface area contributed by atoms with Crippen LogP contribution in [-0.4, -0.2) is 90.4 Å². The second-order valence-electron chi connectivity index (χ2n) is 5.70. The zero-order valence-electron chi connectivity index (χ0n) is 21.0. The standard InChI is InChI=1S/C4H5F5O.3C3H2F6O.CH2F2.CH3F.6CH4/c1-3(6,7)4(8,9)10-2-5;4-1-10-3(8,9)2(5,6)7;4-2(5,6)1-10-3(7,8)9;4-1-2(5,6)10-3(7,8)9;2-1-3;1-2;;;;;;/h2H2,1H3;3*1H2;1H2;1H3;6*1H4. The van der Waals surface area contributed by atoms with E-state index in [0.29, 0.717) is 7.18 Å². The highest BCUT2D eigenvalue weighted by atomic mass is 19.4. The molecule has 0 amide bonds. The fourth-order valence-electron chi connectivity index (χ4n) is 0.706. The van der Waals surface area contributed by atoms with Crippen molar-refractivity contribution in [1.29, 1.82) is 0 Å². The van der Waals surface area contributed by atoms with Crippen molar-refractivity contribution in [2.24, 2.45) is 0 Å². The second kappa shape index (κ2) is 35.1. The van der Waals surface area contributed by atoms with Gasteiger partial charge >= 0.3 is 49.3 Å². The third kappa shape index (κ3) is 63.5. The van der Waals surface area contributed by atoms with Crippen molar-refractivity contribution in [3.05, 3.63) is 0 Å². The zero-order chi connectivity index (χ0) is 38.4. The molecule has 0 spiro atoms. The van der Waals surface area contributed by atoms with Gasteiger partial charge in [-0.3, -0.25) is 18.6 Å². The first-order chi connectivity index (χ1) is 19.5. The highest BCUT2D eigenvalue weighted by molar-refractivity contribution is 4.69. The van der Waals surface area contributed by atoms with Crippen LogP contribution in [0, 0.1) is 0 Å². The van der Waals surface area contributed by atoms with E-state index in [2.05, 4.69) is 18.9 Å². The van der Waals surface area contributed by atoms with E-state index in [1.807, 2.05) is 0 Å². The third-order valence-electron chi connectivity index (χ3n) is 2.13. The van der Waals surface area contributed by atoms with E-state index in [4.69, 9.17) is 0 Å². The van der Waals surface area contributed by atoms with Crippen LogP contribution in [0.4, 0.5) is 114 Å². The summed E-state index contributed by atoms with van der Waals surface area (Å²) in [6.45, 7) is -10.7. The molecule has 330 valence electrons. The minimum Gasteiger partial charge on any atom is -0.284 e. The average Bonchev–Trinajstić information content (AvgIpc) is 2.77. The number of hydrogen-bond donors (Lipinski definition) is 0. The molecule has 0 aromatic rings. The molecule has 0 N–H and O–H groups in total. The zero-order valence-corrected chi connectivity index (χ0v) is 21.0. The van der Waals surface area contributed by atoms with Crippen LogP contribution in [0.1, 0.15) is 51.5 Å². The van der Waals surface area contributed by atoms with Crippen LogP contribution < -0.4 is 0 Å². The van der Waals surface area contributed by atoms with Gasteiger partial charge in [-0.1, -0.05) is 44.6 Å². The molecule has 0 aliphatic rings. The molecule has 30 heteroatoms. The van der Waals surface area contributed by atoms with E-state index in [0.717, 1.165) is 0 Å². The second-order valence-corrected chi connectivity index (χ2v) is 5.70. The molecule has 0 saturated heterocycles. The van der Waals surface area contributed by atoms with Crippen molar-refractivity contribution >= 4 is 0 Å². The summed E-state index contributed by atoms with van der Waals surface area (Å²) in [6.07, 6.45) is -36.4. The van der Waals surface area contributed by atoms with E-state index in [9.17, 15) is 114 Å². The van der Waals surface area contributed by atoms with Crippen LogP contribution in [0.15, 0.2) is 0 Å². The Balaban J connectivity index is -0.0000000367. The molecule has 0 aromatic carbocycles. The fourth-order valence-corrected chi connectivity index (χ4v) is 0.706. The Morgan fingerprint density at radius 2 is 0.706 bits per heavy atom. The van der Waals surface area contributed by atoms with E-state index >= 15 is 0 Å². The van der Waals surface area contributed by atoms with Gasteiger partial charge in [-0.25, -0.2) is 26.7 Å². The van der Waals surface area contributed by atoms with Gasteiger partial charge in [-0.15, -0.1) is 26.3 Å². The summed E-state index contributed by atoms with van der Waals surface area (Å²) in [5.41, 5.74) is 0. The van der Waals surface area contributed by atoms with Crippen LogP contribution in [0.3, 0.4) is 0 Å². The molecule has 0 aromatic heterocycles. The van der Waals surface area contributed by atoms with Gasteiger partial charge in [-0.05, 0) is 0 Å². The Morgan fingerprint density at radius 1 is 0.431 bits per heavy atom. The number of halogens is 26. The van der Waals surface area contributed by atoms with Crippen molar-refractivity contribution in [3.8, 4) is 0 Å². The Morgan fingerprint density at radius 3 is 0.784 bits per heavy atom. The number of alkyl halides is 26. The van der Waals surface area contributed by atoms with Crippen molar-refractivity contribution in [2.75, 3.05) is 41.1 Å². The lowest BCUT2D eigenvalue weighted by Crippen LogP contribution is -2.39. The Bertz CT molecular complexity index is 630. The first-order valence-corrected chi connectivity index (χ1v) is 9.09. The Kier molecular flexibility index (Phi) is 56.7. The van der Waals surface area contributed by atoms with Crippen molar-refractivity contribution in [1.82, 2.24) is 0 Å². The molecule has 0 saturated carbocycles. The molecule has 0 rings (SSSR count). The van der Waals surface area contributed by atoms with Crippen LogP contribution in [0.2, 0.25) is 0 Å². The van der Waals surface area contributed by atoms with Gasteiger partial charge in [0.25, 0.3) is 0 Å². The third-order valence-corrected chi connectivity index (χ3v) is 2.13. The lowest BCUT2D eigenvalue weighted by atomic mass is 10.4. The van der Waals surface area contributed by atoms with Gasteiger partial charge in [0, 0.05) is 6.92 Å². The molecular weight excluding hydrogens is 810 g/mol. The summed E-state index contributed by atoms with van der Waals surface area (Å²) in [5.74, 6) is -4.35. The molecule has 4 nitrogen and oxygen atoms in total. The summed E-state index contributed by atoms with van der Waals surface area (Å²) in [6, 6.07) is 0. The van der Waals surface area contributed by atoms with Gasteiger partial charge in [0.2, 0.25) is 6.93 Å². The minimum absolute atomic E-state index is 0. The van der Waals surface area contributed by atoms with Gasteiger partial charge in [0.15, 0.2) is 27.0 Å². The van der Waals surface area contributed by atoms with Crippen molar-refractivity contribution in [3.63, 3.8) is 0 Å². The van der Waals surface area contributed by atoms with Gasteiger partial charge in [0.1, 0.15) is 0 Å². The highest BCUT2D eigenvalue weighted by Crippen LogP contribution is 2.36. The molecule has 0 heterocycles. The summed E-state index contributed by atoms with van der Waals surface area (Å²) in [7, 11) is 0.500. The Labute approximate surface area is 276 Å². The first-order valence-electron chi connectivity index (χ1n) is 9.09. The first kappa shape index (κ1) is 82.5. The predicted molar refractivity (Wildman–Crippen MR) is 131 cm³/mol. The predicted octanol–water partition coefficient (Wildman–Crippen LogP) is 13.7. The van der Waals surface area contributed by atoms with Crippen molar-refractivity contribution < 1.29 is 133 Å². The molecule has 0 radical (unpaired) electrons. The van der Waals surface area contributed by atoms with Crippen LogP contribution in [0.25, 0.3) is 0 Å². The summed E-state index contributed by atoms with van der Waals surface area (Å²) in [5, 5.41) is 0. The summed E-state index contributed by atoms with van der Waals surface area (Å²) >= 11 is 0. The van der Waals surface area contributed by atoms with Crippen LogP contribution >= 0.6 is 0 Å². The van der Waals surface area contributed by atoms with E-state index < -0.39 is 83.3 Å². The molecular formula is C21H40F26O4. The average molecular weight is 850 g/mol. The molecule has 0 aliphatic carbocycles. The highest BCUT2D eigenvalue weighted by Gasteiger charge is 2.59. The molecule has 0 fully saturated rings. The molecule has 0 aliphatic heterocycles. The van der Waals surface area contributed by atoms with Crippen molar-refractivity contribution in [2.45, 2.75) is 101 Å². The topological polar surface area (TPSA) is 36.9 Å². The van der Waals surface area contributed by atoms with Gasteiger partial charge in [0.05, 0.1) is 7.18 Å². The molecule has 0 unspecified atom stereocenters. The lowest BCUT2D eigenvalue weighted by molar-refractivity contribution is -0.426. The molecule has 51 heavy (non-hydrogen) atoms. The quantitative estimate of drug-likeness (QED) is 0.228. The molecule has 0 atom stereocenters. The van der Waals surface area contributed by atoms with Gasteiger partial charge < -0.3 is 0 Å². The largest absolute Gasteiger partial charge is 0.527 e. The monoisotopic (exact) mass is 850 g/mol. The van der Waals surface area contributed by atoms with Crippen LogP contribution in [0.5, 0.6) is 0 Å². The SMILES string of the molecule is C.C.C.C.C.C.CC(F)(F)C(F)(F)OCF.CF.FC(F)(F)COC(F)(F)F.FCC(F)(F)OC(F)(F)F.FCF.FCOC(F)(F)C(F)(F)F. The number of rotatable bonds is 8. The van der Waals surface area contributed by atoms with E-state index in [1.54, 1.807) is 0 Å². The molecule has 0 bridgehead atoms. The normalized spacial score (nSPS) is 11.3. The van der Waals surface area contributed by atoms with E-state index in [-0.39, 0.29) is 51.5 Å². The van der Waals surface area contributed by atoms with E-state index in [1.165, 1.54) is 0 Å². The minimum atomic E-state index is -5.85. The number of ether oxygens (including phenoxy) is 4. The van der Waals surface area contributed by atoms with Crippen LogP contribution in [-0.2, 0) is 18.9 Å². The maximum absolute atomic E-state index is 11.7. The smallest absolute Gasteiger partial charge is 0.284 e. The maximum atomic E-state index is 11.7. The fraction of sp³-hybridized carbons (Fsp3) is 1.00. The summed E-state index contributed by atoms with van der Waals surface area (Å²) in [4.78, 5) is 0. The maximum Gasteiger partial charge on any atom is 0.527 e. The number of hydrogen-bond acceptors (Lipinski definition) is 4. The van der Waals surface area contributed by atoms with Gasteiger partial charge in [-0.2, -0.15) is 61.5 Å². The summed E-state index contributed by atoms with van der Waals surface area (Å²) < 4.78 is 294.